The minimum atomic E-state index is -3.98. The fourth-order valence-electron chi connectivity index (χ4n) is 3.01. The number of esters is 1. The van der Waals surface area contributed by atoms with E-state index in [2.05, 4.69) is 0 Å². The van der Waals surface area contributed by atoms with E-state index in [1.165, 1.54) is 55.7 Å². The second kappa shape index (κ2) is 8.03. The van der Waals surface area contributed by atoms with Crippen LogP contribution >= 0.6 is 0 Å². The number of nitrogens with zero attached hydrogens (tertiary/aromatic N) is 2. The summed E-state index contributed by atoms with van der Waals surface area (Å²) in [6.45, 7) is -0.0788. The van der Waals surface area contributed by atoms with Gasteiger partial charge in [-0.3, -0.25) is 9.59 Å². The predicted molar refractivity (Wildman–Crippen MR) is 97.3 cm³/mol. The maximum Gasteiger partial charge on any atom is 0.326 e. The molecule has 1 aromatic carbocycles. The molecule has 0 aliphatic carbocycles. The largest absolute Gasteiger partial charge is 0.497 e. The zero-order chi connectivity index (χ0) is 20.3. The third-order valence-corrected chi connectivity index (χ3v) is 6.41. The number of sulfonamides is 1. The van der Waals surface area contributed by atoms with Crippen molar-refractivity contribution in [3.63, 3.8) is 0 Å². The van der Waals surface area contributed by atoms with E-state index < -0.39 is 27.9 Å². The van der Waals surface area contributed by atoms with E-state index in [1.807, 2.05) is 0 Å². The van der Waals surface area contributed by atoms with Gasteiger partial charge in [-0.15, -0.1) is 0 Å². The molecule has 1 atom stereocenters. The van der Waals surface area contributed by atoms with E-state index in [-0.39, 0.29) is 30.3 Å². The smallest absolute Gasteiger partial charge is 0.326 e. The van der Waals surface area contributed by atoms with Gasteiger partial charge in [0.25, 0.3) is 5.91 Å². The van der Waals surface area contributed by atoms with Crippen LogP contribution < -0.4 is 4.74 Å². The number of hydrogen-bond donors (Lipinski definition) is 0. The number of furan rings is 1. The van der Waals surface area contributed by atoms with Crippen LogP contribution in [0, 0.1) is 0 Å². The summed E-state index contributed by atoms with van der Waals surface area (Å²) in [4.78, 5) is 26.2. The summed E-state index contributed by atoms with van der Waals surface area (Å²) in [5, 5.41) is 0. The fraction of sp³-hybridized carbons (Fsp3) is 0.333. The van der Waals surface area contributed by atoms with Crippen molar-refractivity contribution in [2.45, 2.75) is 10.9 Å². The van der Waals surface area contributed by atoms with Crippen LogP contribution in [0.1, 0.15) is 10.6 Å². The molecule has 3 rings (SSSR count). The molecule has 2 heterocycles. The molecule has 9 nitrogen and oxygen atoms in total. The van der Waals surface area contributed by atoms with Crippen molar-refractivity contribution in [2.24, 2.45) is 0 Å². The summed E-state index contributed by atoms with van der Waals surface area (Å²) in [7, 11) is -1.33. The van der Waals surface area contributed by atoms with Crippen LogP contribution in [0.5, 0.6) is 5.75 Å². The predicted octanol–water partition coefficient (Wildman–Crippen LogP) is 0.976. The molecule has 1 unspecified atom stereocenters. The van der Waals surface area contributed by atoms with Gasteiger partial charge in [-0.1, -0.05) is 0 Å². The number of piperazine rings is 1. The lowest BCUT2D eigenvalue weighted by atomic mass is 10.2. The van der Waals surface area contributed by atoms with Crippen molar-refractivity contribution in [1.82, 2.24) is 9.21 Å². The molecule has 1 aliphatic rings. The number of carbonyl (C=O) groups is 2. The van der Waals surface area contributed by atoms with E-state index in [0.717, 1.165) is 4.31 Å². The fourth-order valence-corrected chi connectivity index (χ4v) is 4.57. The van der Waals surface area contributed by atoms with Gasteiger partial charge in [-0.05, 0) is 36.4 Å². The zero-order valence-corrected chi connectivity index (χ0v) is 16.2. The van der Waals surface area contributed by atoms with Crippen molar-refractivity contribution in [2.75, 3.05) is 33.9 Å². The Kier molecular flexibility index (Phi) is 5.71. The van der Waals surface area contributed by atoms with Crippen molar-refractivity contribution < 1.29 is 31.9 Å². The SMILES string of the molecule is COC(=O)C1CN(C(=O)c2ccco2)CCN1S(=O)(=O)c1ccc(OC)cc1. The topological polar surface area (TPSA) is 106 Å². The van der Waals surface area contributed by atoms with E-state index in [4.69, 9.17) is 13.9 Å². The van der Waals surface area contributed by atoms with E-state index >= 15 is 0 Å². The number of carbonyl (C=O) groups excluding carboxylic acids is 2. The first-order chi connectivity index (χ1) is 13.4. The molecule has 0 saturated carbocycles. The highest BCUT2D eigenvalue weighted by Crippen LogP contribution is 2.25. The Morgan fingerprint density at radius 3 is 2.39 bits per heavy atom. The first-order valence-corrected chi connectivity index (χ1v) is 9.89. The van der Waals surface area contributed by atoms with Crippen LogP contribution in [0.4, 0.5) is 0 Å². The highest BCUT2D eigenvalue weighted by Gasteiger charge is 2.42. The van der Waals surface area contributed by atoms with Crippen LogP contribution in [-0.2, 0) is 19.6 Å². The lowest BCUT2D eigenvalue weighted by Crippen LogP contribution is -2.59. The number of ether oxygens (including phenoxy) is 2. The summed E-state index contributed by atoms with van der Waals surface area (Å²) in [5.41, 5.74) is 0. The molecular formula is C18H20N2O7S. The van der Waals surface area contributed by atoms with Crippen LogP contribution in [0.25, 0.3) is 0 Å². The summed E-state index contributed by atoms with van der Waals surface area (Å²) in [6.07, 6.45) is 1.37. The maximum absolute atomic E-state index is 13.1. The molecule has 1 amide bonds. The van der Waals surface area contributed by atoms with Gasteiger partial charge in [0.15, 0.2) is 5.76 Å². The molecule has 0 radical (unpaired) electrons. The molecule has 0 spiro atoms. The van der Waals surface area contributed by atoms with Gasteiger partial charge in [0.2, 0.25) is 10.0 Å². The first-order valence-electron chi connectivity index (χ1n) is 8.45. The highest BCUT2D eigenvalue weighted by atomic mass is 32.2. The molecule has 28 heavy (non-hydrogen) atoms. The average molecular weight is 408 g/mol. The lowest BCUT2D eigenvalue weighted by molar-refractivity contribution is -0.146. The van der Waals surface area contributed by atoms with Crippen LogP contribution in [0.3, 0.4) is 0 Å². The Balaban J connectivity index is 1.87. The Morgan fingerprint density at radius 2 is 1.82 bits per heavy atom. The summed E-state index contributed by atoms with van der Waals surface area (Å²) in [6, 6.07) is 7.79. The zero-order valence-electron chi connectivity index (χ0n) is 15.4. The van der Waals surface area contributed by atoms with Crippen LogP contribution in [-0.4, -0.2) is 69.4 Å². The minimum Gasteiger partial charge on any atom is -0.497 e. The summed E-state index contributed by atoms with van der Waals surface area (Å²) in [5.74, 6) is -0.526. The van der Waals surface area contributed by atoms with Gasteiger partial charge in [0, 0.05) is 19.6 Å². The Hall–Kier alpha value is -2.85. The molecule has 10 heteroatoms. The standard InChI is InChI=1S/C18H20N2O7S/c1-25-13-5-7-14(8-6-13)28(23,24)20-10-9-19(12-15(20)18(22)26-2)17(21)16-4-3-11-27-16/h3-8,11,15H,9-10,12H2,1-2H3. The van der Waals surface area contributed by atoms with Gasteiger partial charge < -0.3 is 18.8 Å². The summed E-state index contributed by atoms with van der Waals surface area (Å²) >= 11 is 0. The molecule has 0 N–H and O–H groups in total. The van der Waals surface area contributed by atoms with Crippen molar-refractivity contribution in [1.29, 1.82) is 0 Å². The van der Waals surface area contributed by atoms with Gasteiger partial charge in [-0.2, -0.15) is 4.31 Å². The van der Waals surface area contributed by atoms with E-state index in [0.29, 0.717) is 5.75 Å². The quantitative estimate of drug-likeness (QED) is 0.679. The lowest BCUT2D eigenvalue weighted by Gasteiger charge is -2.38. The van der Waals surface area contributed by atoms with Crippen molar-refractivity contribution >= 4 is 21.9 Å². The number of hydrogen-bond acceptors (Lipinski definition) is 7. The maximum atomic E-state index is 13.1. The van der Waals surface area contributed by atoms with Crippen molar-refractivity contribution in [3.8, 4) is 5.75 Å². The number of amides is 1. The molecule has 150 valence electrons. The van der Waals surface area contributed by atoms with E-state index in [9.17, 15) is 18.0 Å². The Labute approximate surface area is 162 Å². The van der Waals surface area contributed by atoms with Crippen molar-refractivity contribution in [3.05, 3.63) is 48.4 Å². The van der Waals surface area contributed by atoms with Gasteiger partial charge >= 0.3 is 5.97 Å². The second-order valence-corrected chi connectivity index (χ2v) is 7.95. The average Bonchev–Trinajstić information content (AvgIpc) is 3.27. The molecule has 0 bridgehead atoms. The number of methoxy groups -OCH3 is 2. The van der Waals surface area contributed by atoms with Gasteiger partial charge in [0.05, 0.1) is 25.4 Å². The third-order valence-electron chi connectivity index (χ3n) is 4.49. The number of rotatable bonds is 5. The Bertz CT molecular complexity index is 939. The highest BCUT2D eigenvalue weighted by molar-refractivity contribution is 7.89. The molecule has 1 aliphatic heterocycles. The van der Waals surface area contributed by atoms with Gasteiger partial charge in [0.1, 0.15) is 11.8 Å². The van der Waals surface area contributed by atoms with Crippen LogP contribution in [0.15, 0.2) is 52.0 Å². The normalized spacial score (nSPS) is 17.9. The molecule has 2 aromatic rings. The third kappa shape index (κ3) is 3.73. The molecular weight excluding hydrogens is 388 g/mol. The first kappa shape index (κ1) is 19.9. The minimum absolute atomic E-state index is 0.0213. The Morgan fingerprint density at radius 1 is 1.11 bits per heavy atom. The number of benzene rings is 1. The van der Waals surface area contributed by atoms with E-state index in [1.54, 1.807) is 6.07 Å². The molecule has 1 fully saturated rings. The molecule has 1 saturated heterocycles. The monoisotopic (exact) mass is 408 g/mol. The second-order valence-electron chi connectivity index (χ2n) is 6.06. The summed E-state index contributed by atoms with van der Waals surface area (Å²) < 4.78 is 42.1. The van der Waals surface area contributed by atoms with Crippen LogP contribution in [0.2, 0.25) is 0 Å². The molecule has 1 aromatic heterocycles. The van der Waals surface area contributed by atoms with Gasteiger partial charge in [-0.25, -0.2) is 8.42 Å².